The highest BCUT2D eigenvalue weighted by Gasteiger charge is 2.03. The average Bonchev–Trinajstić information content (AvgIpc) is 2.37. The molecule has 0 saturated carbocycles. The van der Waals surface area contributed by atoms with Gasteiger partial charge in [-0.25, -0.2) is 4.79 Å². The van der Waals surface area contributed by atoms with Gasteiger partial charge in [-0.2, -0.15) is 0 Å². The summed E-state index contributed by atoms with van der Waals surface area (Å²) in [7, 11) is 0. The third-order valence-electron chi connectivity index (χ3n) is 2.71. The maximum absolute atomic E-state index is 11.8. The van der Waals surface area contributed by atoms with Gasteiger partial charge in [0.2, 0.25) is 0 Å². The standard InChI is InChI=1S/C15H13BrCl2N2O/c16-11-3-1-2-10(6-11)4-5-19-15(21)20-14-8-12(17)7-13(18)9-14/h1-3,6-9H,4-5H2,(H2,19,20,21). The summed E-state index contributed by atoms with van der Waals surface area (Å²) in [6.07, 6.45) is 0.753. The van der Waals surface area contributed by atoms with Crippen LogP contribution in [0.1, 0.15) is 5.56 Å². The van der Waals surface area contributed by atoms with Crippen LogP contribution in [0.2, 0.25) is 10.0 Å². The summed E-state index contributed by atoms with van der Waals surface area (Å²) >= 11 is 15.2. The fourth-order valence-electron chi connectivity index (χ4n) is 1.81. The molecule has 6 heteroatoms. The molecule has 0 aliphatic heterocycles. The predicted octanol–water partition coefficient (Wildman–Crippen LogP) is 5.12. The smallest absolute Gasteiger partial charge is 0.319 e. The Morgan fingerprint density at radius 2 is 1.81 bits per heavy atom. The molecule has 0 saturated heterocycles. The van der Waals surface area contributed by atoms with E-state index in [0.717, 1.165) is 16.5 Å². The molecular formula is C15H13BrCl2N2O. The Bertz CT molecular complexity index is 629. The lowest BCUT2D eigenvalue weighted by Crippen LogP contribution is -2.30. The minimum absolute atomic E-state index is 0.289. The van der Waals surface area contributed by atoms with E-state index in [9.17, 15) is 4.79 Å². The van der Waals surface area contributed by atoms with Crippen molar-refractivity contribution in [2.24, 2.45) is 0 Å². The Balaban J connectivity index is 1.82. The van der Waals surface area contributed by atoms with E-state index in [-0.39, 0.29) is 6.03 Å². The lowest BCUT2D eigenvalue weighted by molar-refractivity contribution is 0.252. The number of nitrogens with one attached hydrogen (secondary N) is 2. The van der Waals surface area contributed by atoms with Crippen molar-refractivity contribution in [3.8, 4) is 0 Å². The van der Waals surface area contributed by atoms with Crippen LogP contribution < -0.4 is 10.6 Å². The summed E-state index contributed by atoms with van der Waals surface area (Å²) < 4.78 is 1.03. The van der Waals surface area contributed by atoms with Crippen molar-refractivity contribution in [2.75, 3.05) is 11.9 Å². The number of benzene rings is 2. The highest BCUT2D eigenvalue weighted by atomic mass is 79.9. The van der Waals surface area contributed by atoms with Gasteiger partial charge in [0, 0.05) is 26.8 Å². The van der Waals surface area contributed by atoms with Gasteiger partial charge in [0.05, 0.1) is 0 Å². The number of rotatable bonds is 4. The van der Waals surface area contributed by atoms with Crippen LogP contribution in [-0.2, 0) is 6.42 Å². The fourth-order valence-corrected chi connectivity index (χ4v) is 2.79. The number of hydrogen-bond acceptors (Lipinski definition) is 1. The molecule has 2 amide bonds. The normalized spacial score (nSPS) is 10.2. The quantitative estimate of drug-likeness (QED) is 0.750. The maximum Gasteiger partial charge on any atom is 0.319 e. The minimum Gasteiger partial charge on any atom is -0.338 e. The molecular weight excluding hydrogens is 375 g/mol. The van der Waals surface area contributed by atoms with E-state index in [1.807, 2.05) is 24.3 Å². The molecule has 2 N–H and O–H groups in total. The molecule has 0 unspecified atom stereocenters. The summed E-state index contributed by atoms with van der Waals surface area (Å²) in [5, 5.41) is 6.44. The number of halogens is 3. The van der Waals surface area contributed by atoms with E-state index in [0.29, 0.717) is 22.3 Å². The first-order valence-corrected chi connectivity index (χ1v) is 7.83. The molecule has 0 aliphatic rings. The largest absolute Gasteiger partial charge is 0.338 e. The summed E-state index contributed by atoms with van der Waals surface area (Å²) in [6, 6.07) is 12.6. The highest BCUT2D eigenvalue weighted by Crippen LogP contribution is 2.22. The SMILES string of the molecule is O=C(NCCc1cccc(Br)c1)Nc1cc(Cl)cc(Cl)c1. The molecule has 110 valence electrons. The Hall–Kier alpha value is -1.23. The third kappa shape index (κ3) is 5.58. The summed E-state index contributed by atoms with van der Waals surface area (Å²) in [4.78, 5) is 11.8. The number of carbonyl (C=O) groups is 1. The highest BCUT2D eigenvalue weighted by molar-refractivity contribution is 9.10. The van der Waals surface area contributed by atoms with Crippen LogP contribution in [0.4, 0.5) is 10.5 Å². The lowest BCUT2D eigenvalue weighted by Gasteiger charge is -2.08. The van der Waals surface area contributed by atoms with Crippen LogP contribution in [0.25, 0.3) is 0 Å². The molecule has 2 aromatic carbocycles. The molecule has 0 heterocycles. The van der Waals surface area contributed by atoms with Crippen molar-refractivity contribution in [2.45, 2.75) is 6.42 Å². The first-order chi connectivity index (χ1) is 10.0. The number of anilines is 1. The molecule has 2 rings (SSSR count). The molecule has 0 spiro atoms. The van der Waals surface area contributed by atoms with E-state index >= 15 is 0 Å². The van der Waals surface area contributed by atoms with Crippen molar-refractivity contribution in [1.82, 2.24) is 5.32 Å². The van der Waals surface area contributed by atoms with E-state index < -0.39 is 0 Å². The van der Waals surface area contributed by atoms with Crippen LogP contribution in [0.5, 0.6) is 0 Å². The molecule has 2 aromatic rings. The zero-order chi connectivity index (χ0) is 15.2. The van der Waals surface area contributed by atoms with E-state index in [2.05, 4.69) is 26.6 Å². The minimum atomic E-state index is -0.289. The third-order valence-corrected chi connectivity index (χ3v) is 3.64. The van der Waals surface area contributed by atoms with Crippen molar-refractivity contribution in [1.29, 1.82) is 0 Å². The van der Waals surface area contributed by atoms with Crippen molar-refractivity contribution >= 4 is 50.9 Å². The molecule has 0 aromatic heterocycles. The molecule has 0 atom stereocenters. The van der Waals surface area contributed by atoms with Gasteiger partial charge in [-0.3, -0.25) is 0 Å². The summed E-state index contributed by atoms with van der Waals surface area (Å²) in [5.74, 6) is 0. The van der Waals surface area contributed by atoms with Crippen molar-refractivity contribution in [3.05, 3.63) is 62.5 Å². The Labute approximate surface area is 141 Å². The van der Waals surface area contributed by atoms with Gasteiger partial charge in [-0.05, 0) is 42.3 Å². The van der Waals surface area contributed by atoms with Gasteiger partial charge in [0.25, 0.3) is 0 Å². The van der Waals surface area contributed by atoms with Crippen LogP contribution in [0.3, 0.4) is 0 Å². The molecule has 0 aliphatic carbocycles. The second-order valence-corrected chi connectivity index (χ2v) is 6.21. The Morgan fingerprint density at radius 3 is 2.48 bits per heavy atom. The molecule has 0 fully saturated rings. The van der Waals surface area contributed by atoms with Gasteiger partial charge >= 0.3 is 6.03 Å². The number of carbonyl (C=O) groups excluding carboxylic acids is 1. The molecule has 21 heavy (non-hydrogen) atoms. The van der Waals surface area contributed by atoms with Crippen LogP contribution in [0.15, 0.2) is 46.9 Å². The number of hydrogen-bond donors (Lipinski definition) is 2. The van der Waals surface area contributed by atoms with Gasteiger partial charge in [-0.1, -0.05) is 51.3 Å². The van der Waals surface area contributed by atoms with Crippen LogP contribution >= 0.6 is 39.1 Å². The summed E-state index contributed by atoms with van der Waals surface area (Å²) in [6.45, 7) is 0.538. The molecule has 0 bridgehead atoms. The lowest BCUT2D eigenvalue weighted by atomic mass is 10.1. The second kappa shape index (κ2) is 7.69. The van der Waals surface area contributed by atoms with Gasteiger partial charge < -0.3 is 10.6 Å². The van der Waals surface area contributed by atoms with Gasteiger partial charge in [0.1, 0.15) is 0 Å². The van der Waals surface area contributed by atoms with Gasteiger partial charge in [0.15, 0.2) is 0 Å². The Morgan fingerprint density at radius 1 is 1.10 bits per heavy atom. The number of amides is 2. The molecule has 3 nitrogen and oxygen atoms in total. The molecule has 0 radical (unpaired) electrons. The van der Waals surface area contributed by atoms with Crippen molar-refractivity contribution < 1.29 is 4.79 Å². The predicted molar refractivity (Wildman–Crippen MR) is 91.3 cm³/mol. The first-order valence-electron chi connectivity index (χ1n) is 6.28. The van der Waals surface area contributed by atoms with Crippen LogP contribution in [-0.4, -0.2) is 12.6 Å². The Kier molecular flexibility index (Phi) is 5.91. The van der Waals surface area contributed by atoms with Gasteiger partial charge in [-0.15, -0.1) is 0 Å². The number of urea groups is 1. The fraction of sp³-hybridized carbons (Fsp3) is 0.133. The maximum atomic E-state index is 11.8. The average molecular weight is 388 g/mol. The second-order valence-electron chi connectivity index (χ2n) is 4.42. The zero-order valence-electron chi connectivity index (χ0n) is 11.0. The monoisotopic (exact) mass is 386 g/mol. The summed E-state index contributed by atoms with van der Waals surface area (Å²) in [5.41, 5.74) is 1.71. The van der Waals surface area contributed by atoms with Crippen molar-refractivity contribution in [3.63, 3.8) is 0 Å². The van der Waals surface area contributed by atoms with E-state index in [1.54, 1.807) is 18.2 Å². The topological polar surface area (TPSA) is 41.1 Å². The first kappa shape index (κ1) is 16.1. The van der Waals surface area contributed by atoms with Crippen LogP contribution in [0, 0.1) is 0 Å². The van der Waals surface area contributed by atoms with E-state index in [4.69, 9.17) is 23.2 Å². The zero-order valence-corrected chi connectivity index (χ0v) is 14.1. The van der Waals surface area contributed by atoms with E-state index in [1.165, 1.54) is 0 Å².